The van der Waals surface area contributed by atoms with Gasteiger partial charge in [-0.05, 0) is 68.1 Å². The molecule has 0 bridgehead atoms. The zero-order valence-electron chi connectivity index (χ0n) is 18.8. The summed E-state index contributed by atoms with van der Waals surface area (Å²) < 4.78 is 30.3. The van der Waals surface area contributed by atoms with E-state index in [1.165, 1.54) is 25.0 Å². The lowest BCUT2D eigenvalue weighted by Crippen LogP contribution is -2.25. The molecule has 4 aromatic rings. The second kappa shape index (κ2) is 8.27. The van der Waals surface area contributed by atoms with Crippen LogP contribution < -0.4 is 15.5 Å². The second-order valence-corrected chi connectivity index (χ2v) is 9.09. The van der Waals surface area contributed by atoms with Crippen molar-refractivity contribution in [3.63, 3.8) is 0 Å². The minimum Gasteiger partial charge on any atom is -0.397 e. The molecule has 2 aliphatic heterocycles. The Balaban J connectivity index is 1.39. The highest BCUT2D eigenvalue weighted by atomic mass is 19.1. The van der Waals surface area contributed by atoms with Crippen LogP contribution in [0.1, 0.15) is 37.3 Å². The van der Waals surface area contributed by atoms with Gasteiger partial charge in [-0.25, -0.2) is 18.3 Å². The van der Waals surface area contributed by atoms with Gasteiger partial charge in [0.15, 0.2) is 5.65 Å². The predicted octanol–water partition coefficient (Wildman–Crippen LogP) is 5.20. The fourth-order valence-corrected chi connectivity index (χ4v) is 5.28. The van der Waals surface area contributed by atoms with Crippen LogP contribution >= 0.6 is 0 Å². The van der Waals surface area contributed by atoms with Gasteiger partial charge in [0.25, 0.3) is 0 Å². The van der Waals surface area contributed by atoms with Gasteiger partial charge in [-0.1, -0.05) is 6.07 Å². The summed E-state index contributed by atoms with van der Waals surface area (Å²) in [5.74, 6) is -0.104. The molecule has 0 saturated carbocycles. The summed E-state index contributed by atoms with van der Waals surface area (Å²) in [5, 5.41) is 4.89. The molecule has 0 spiro atoms. The van der Waals surface area contributed by atoms with Gasteiger partial charge in [0, 0.05) is 30.8 Å². The van der Waals surface area contributed by atoms with Crippen LogP contribution in [0.25, 0.3) is 16.9 Å². The van der Waals surface area contributed by atoms with Crippen LogP contribution in [0.5, 0.6) is 0 Å². The van der Waals surface area contributed by atoms with Crippen molar-refractivity contribution < 1.29 is 8.78 Å². The maximum Gasteiger partial charge on any atom is 0.154 e. The molecule has 1 atom stereocenters. The standard InChI is InChI=1S/C26H26F2N6/c27-18-6-7-20(28)19(15-18)22-4-3-13-33(22)26-10-9-25-30-16-24(34(25)31-26)17-5-8-21(29)23(14-17)32-11-1-2-12-32/h5-10,14-16,22H,1-4,11-13,29H2. The summed E-state index contributed by atoms with van der Waals surface area (Å²) in [6, 6.07) is 13.3. The molecule has 1 unspecified atom stereocenters. The summed E-state index contributed by atoms with van der Waals surface area (Å²) in [6.45, 7) is 2.75. The Kier molecular flexibility index (Phi) is 5.08. The van der Waals surface area contributed by atoms with E-state index in [0.29, 0.717) is 11.4 Å². The van der Waals surface area contributed by atoms with Crippen molar-refractivity contribution in [2.75, 3.05) is 35.2 Å². The smallest absolute Gasteiger partial charge is 0.154 e. The van der Waals surface area contributed by atoms with Crippen molar-refractivity contribution in [3.8, 4) is 11.3 Å². The van der Waals surface area contributed by atoms with E-state index in [1.807, 2.05) is 35.0 Å². The zero-order valence-corrected chi connectivity index (χ0v) is 18.8. The number of aromatic nitrogens is 3. The molecule has 6 rings (SSSR count). The Morgan fingerprint density at radius 2 is 1.76 bits per heavy atom. The van der Waals surface area contributed by atoms with Crippen LogP contribution in [0.2, 0.25) is 0 Å². The number of hydrogen-bond acceptors (Lipinski definition) is 5. The summed E-state index contributed by atoms with van der Waals surface area (Å²) in [7, 11) is 0. The van der Waals surface area contributed by atoms with Gasteiger partial charge in [0.2, 0.25) is 0 Å². The highest BCUT2D eigenvalue weighted by Gasteiger charge is 2.30. The minimum absolute atomic E-state index is 0.258. The zero-order chi connectivity index (χ0) is 23.2. The summed E-state index contributed by atoms with van der Waals surface area (Å²) in [5.41, 5.74) is 11.1. The van der Waals surface area contributed by atoms with Crippen molar-refractivity contribution in [2.24, 2.45) is 0 Å². The number of rotatable bonds is 4. The first-order valence-electron chi connectivity index (χ1n) is 11.8. The van der Waals surface area contributed by atoms with Crippen molar-refractivity contribution in [3.05, 3.63) is 71.9 Å². The maximum atomic E-state index is 14.6. The lowest BCUT2D eigenvalue weighted by molar-refractivity contribution is 0.559. The molecule has 2 aromatic heterocycles. The molecule has 0 radical (unpaired) electrons. The van der Waals surface area contributed by atoms with E-state index in [0.717, 1.165) is 66.8 Å². The Labute approximate surface area is 196 Å². The van der Waals surface area contributed by atoms with Crippen LogP contribution in [-0.2, 0) is 0 Å². The predicted molar refractivity (Wildman–Crippen MR) is 130 cm³/mol. The van der Waals surface area contributed by atoms with E-state index in [1.54, 1.807) is 0 Å². The Hall–Kier alpha value is -3.68. The number of nitrogens with zero attached hydrogens (tertiary/aromatic N) is 5. The first kappa shape index (κ1) is 20.9. The van der Waals surface area contributed by atoms with Crippen LogP contribution in [0.15, 0.2) is 54.7 Å². The van der Waals surface area contributed by atoms with Crippen LogP contribution in [0.4, 0.5) is 26.0 Å². The van der Waals surface area contributed by atoms with E-state index >= 15 is 0 Å². The molecule has 6 nitrogen and oxygen atoms in total. The fraction of sp³-hybridized carbons (Fsp3) is 0.308. The first-order valence-corrected chi connectivity index (χ1v) is 11.8. The number of anilines is 3. The normalized spacial score (nSPS) is 18.4. The summed E-state index contributed by atoms with van der Waals surface area (Å²) in [4.78, 5) is 8.92. The second-order valence-electron chi connectivity index (χ2n) is 9.09. The third-order valence-electron chi connectivity index (χ3n) is 6.99. The maximum absolute atomic E-state index is 14.6. The number of imidazole rings is 1. The van der Waals surface area contributed by atoms with Crippen LogP contribution in [0.3, 0.4) is 0 Å². The van der Waals surface area contributed by atoms with E-state index < -0.39 is 5.82 Å². The highest BCUT2D eigenvalue weighted by Crippen LogP contribution is 2.37. The molecular formula is C26H26F2N6. The van der Waals surface area contributed by atoms with Crippen molar-refractivity contribution in [1.29, 1.82) is 0 Å². The topological polar surface area (TPSA) is 62.7 Å². The fourth-order valence-electron chi connectivity index (χ4n) is 5.28. The molecule has 34 heavy (non-hydrogen) atoms. The van der Waals surface area contributed by atoms with Gasteiger partial charge >= 0.3 is 0 Å². The Bertz CT molecular complexity index is 1360. The monoisotopic (exact) mass is 460 g/mol. The van der Waals surface area contributed by atoms with E-state index in [4.69, 9.17) is 10.8 Å². The SMILES string of the molecule is Nc1ccc(-c2cnc3ccc(N4CCCC4c4cc(F)ccc4F)nn23)cc1N1CCCC1. The number of fused-ring (bicyclic) bond motifs is 1. The van der Waals surface area contributed by atoms with Gasteiger partial charge in [-0.2, -0.15) is 0 Å². The number of nitrogen functional groups attached to an aromatic ring is 1. The number of hydrogen-bond donors (Lipinski definition) is 1. The molecule has 2 fully saturated rings. The van der Waals surface area contributed by atoms with Gasteiger partial charge in [0.1, 0.15) is 17.5 Å². The molecule has 2 aromatic carbocycles. The summed E-state index contributed by atoms with van der Waals surface area (Å²) >= 11 is 0. The van der Waals surface area contributed by atoms with E-state index in [2.05, 4.69) is 20.9 Å². The van der Waals surface area contributed by atoms with Crippen LogP contribution in [-0.4, -0.2) is 34.2 Å². The largest absolute Gasteiger partial charge is 0.397 e. The number of benzene rings is 2. The van der Waals surface area contributed by atoms with Crippen molar-refractivity contribution in [1.82, 2.24) is 14.6 Å². The molecule has 4 heterocycles. The quantitative estimate of drug-likeness (QED) is 0.424. The lowest BCUT2D eigenvalue weighted by Gasteiger charge is -2.26. The first-order chi connectivity index (χ1) is 16.6. The van der Waals surface area contributed by atoms with E-state index in [9.17, 15) is 8.78 Å². The average molecular weight is 461 g/mol. The van der Waals surface area contributed by atoms with Gasteiger partial charge < -0.3 is 15.5 Å². The van der Waals surface area contributed by atoms with Crippen molar-refractivity contribution in [2.45, 2.75) is 31.7 Å². The van der Waals surface area contributed by atoms with Gasteiger partial charge in [-0.15, -0.1) is 5.10 Å². The average Bonchev–Trinajstić information content (AvgIpc) is 3.61. The summed E-state index contributed by atoms with van der Waals surface area (Å²) in [6.07, 6.45) is 5.79. The molecule has 0 amide bonds. The lowest BCUT2D eigenvalue weighted by atomic mass is 10.0. The molecule has 2 N–H and O–H groups in total. The molecule has 2 saturated heterocycles. The molecular weight excluding hydrogens is 434 g/mol. The molecule has 0 aliphatic carbocycles. The van der Waals surface area contributed by atoms with Crippen molar-refractivity contribution >= 4 is 22.8 Å². The van der Waals surface area contributed by atoms with Gasteiger partial charge in [0.05, 0.1) is 29.3 Å². The van der Waals surface area contributed by atoms with E-state index in [-0.39, 0.29) is 11.9 Å². The number of nitrogens with two attached hydrogens (primary N) is 1. The van der Waals surface area contributed by atoms with Gasteiger partial charge in [-0.3, -0.25) is 0 Å². The Morgan fingerprint density at radius 3 is 2.62 bits per heavy atom. The minimum atomic E-state index is -0.430. The highest BCUT2D eigenvalue weighted by molar-refractivity contribution is 5.76. The molecule has 8 heteroatoms. The third kappa shape index (κ3) is 3.54. The third-order valence-corrected chi connectivity index (χ3v) is 6.99. The number of halogens is 2. The molecule has 2 aliphatic rings. The molecule has 174 valence electrons. The Morgan fingerprint density at radius 1 is 0.912 bits per heavy atom. The van der Waals surface area contributed by atoms with Crippen LogP contribution in [0, 0.1) is 11.6 Å².